The lowest BCUT2D eigenvalue weighted by molar-refractivity contribution is -0.132. The van der Waals surface area contributed by atoms with Gasteiger partial charge in [-0.2, -0.15) is 0 Å². The molecule has 0 aliphatic rings. The van der Waals surface area contributed by atoms with E-state index in [0.717, 1.165) is 38.5 Å². The van der Waals surface area contributed by atoms with E-state index in [-0.39, 0.29) is 0 Å². The van der Waals surface area contributed by atoms with Crippen molar-refractivity contribution in [1.29, 1.82) is 0 Å². The number of hydrogen-bond donors (Lipinski definition) is 5. The minimum Gasteiger partial charge on any atom is -0.394 e. The fraction of sp³-hybridized carbons (Fsp3) is 0.930. The molecule has 458 valence electrons. The fourth-order valence-electron chi connectivity index (χ4n) is 11.4. The van der Waals surface area contributed by atoms with Crippen LogP contribution in [0.4, 0.5) is 0 Å². The molecular weight excluding hydrogens is 947 g/mol. The lowest BCUT2D eigenvalue weighted by Crippen LogP contribution is -2.53. The first-order chi connectivity index (χ1) is 38.0. The van der Waals surface area contributed by atoms with Gasteiger partial charge in [0.25, 0.3) is 0 Å². The van der Waals surface area contributed by atoms with Crippen LogP contribution in [0, 0.1) is 0 Å². The van der Waals surface area contributed by atoms with Gasteiger partial charge in [0.1, 0.15) is 12.2 Å². The van der Waals surface area contributed by atoms with Crippen molar-refractivity contribution in [2.24, 2.45) is 0 Å². The first kappa shape index (κ1) is 75.8. The maximum atomic E-state index is 12.7. The summed E-state index contributed by atoms with van der Waals surface area (Å²) < 4.78 is 0. The van der Waals surface area contributed by atoms with E-state index in [2.05, 4.69) is 43.5 Å². The molecule has 0 bridgehead atoms. The lowest BCUT2D eigenvalue weighted by atomic mass is 10.00. The van der Waals surface area contributed by atoms with E-state index in [1.807, 2.05) is 0 Å². The number of hydrogen-bond acceptors (Lipinski definition) is 5. The maximum absolute atomic E-state index is 12.7. The Morgan fingerprint density at radius 1 is 0.312 bits per heavy atom. The third kappa shape index (κ3) is 59.2. The summed E-state index contributed by atoms with van der Waals surface area (Å²) >= 11 is 0. The molecule has 0 fully saturated rings. The summed E-state index contributed by atoms with van der Waals surface area (Å²) in [7, 11) is 0. The number of carbonyl (C=O) groups excluding carboxylic acids is 1. The van der Waals surface area contributed by atoms with Crippen LogP contribution in [0.1, 0.15) is 393 Å². The number of aliphatic hydroxyl groups excluding tert-OH is 4. The molecule has 0 spiro atoms. The predicted molar refractivity (Wildman–Crippen MR) is 339 cm³/mol. The van der Waals surface area contributed by atoms with Crippen LogP contribution in [-0.2, 0) is 4.79 Å². The van der Waals surface area contributed by atoms with E-state index in [4.69, 9.17) is 0 Å². The third-order valence-corrected chi connectivity index (χ3v) is 16.9. The topological polar surface area (TPSA) is 110 Å². The van der Waals surface area contributed by atoms with Crippen LogP contribution in [0.2, 0.25) is 0 Å². The summed E-state index contributed by atoms with van der Waals surface area (Å²) in [5, 5.41) is 44.2. The van der Waals surface area contributed by atoms with E-state index in [1.165, 1.54) is 327 Å². The number of amides is 1. The highest BCUT2D eigenvalue weighted by atomic mass is 16.3. The van der Waals surface area contributed by atoms with Gasteiger partial charge in [-0.1, -0.05) is 353 Å². The van der Waals surface area contributed by atoms with Gasteiger partial charge in [0.2, 0.25) is 5.91 Å². The molecule has 6 nitrogen and oxygen atoms in total. The molecule has 0 rings (SSSR count). The smallest absolute Gasteiger partial charge is 0.249 e. The third-order valence-electron chi connectivity index (χ3n) is 16.9. The Morgan fingerprint density at radius 2 is 0.532 bits per heavy atom. The van der Waals surface area contributed by atoms with Crippen molar-refractivity contribution in [3.05, 3.63) is 24.3 Å². The van der Waals surface area contributed by atoms with E-state index in [9.17, 15) is 25.2 Å². The van der Waals surface area contributed by atoms with Crippen LogP contribution >= 0.6 is 0 Å². The van der Waals surface area contributed by atoms with Gasteiger partial charge in [0.05, 0.1) is 18.8 Å². The Labute approximate surface area is 482 Å². The Bertz CT molecular complexity index is 1170. The largest absolute Gasteiger partial charge is 0.394 e. The second kappa shape index (κ2) is 65.6. The average molecular weight is 1090 g/mol. The average Bonchev–Trinajstić information content (AvgIpc) is 3.43. The second-order valence-corrected chi connectivity index (χ2v) is 24.6. The molecule has 1 amide bonds. The molecule has 0 radical (unpaired) electrons. The number of aliphatic hydroxyl groups is 4. The van der Waals surface area contributed by atoms with Crippen molar-refractivity contribution in [3.63, 3.8) is 0 Å². The first-order valence-corrected chi connectivity index (χ1v) is 35.2. The summed E-state index contributed by atoms with van der Waals surface area (Å²) in [6, 6.07) is -1.00. The Hall–Kier alpha value is -1.21. The standard InChI is InChI=1S/C71H139NO5/c1-3-5-7-9-11-13-15-17-19-21-23-25-27-29-31-33-35-37-38-40-42-44-46-48-50-52-54-56-58-60-62-64-68(74)70(76)67(66-73)72-71(77)69(75)65-63-61-59-57-55-53-51-49-47-45-43-41-39-36-34-32-30-28-26-24-22-20-18-16-14-12-10-8-6-4-2/h30,32,56,58,67-70,73-76H,3-29,31,33-55,57,59-66H2,1-2H3,(H,72,77)/b32-30-,58-56+. The molecule has 0 aromatic carbocycles. The molecule has 0 saturated heterocycles. The fourth-order valence-corrected chi connectivity index (χ4v) is 11.4. The highest BCUT2D eigenvalue weighted by Crippen LogP contribution is 2.19. The molecule has 0 aromatic heterocycles. The number of nitrogens with one attached hydrogen (secondary N) is 1. The van der Waals surface area contributed by atoms with E-state index in [1.54, 1.807) is 0 Å². The number of rotatable bonds is 66. The van der Waals surface area contributed by atoms with Gasteiger partial charge in [0.15, 0.2) is 0 Å². The van der Waals surface area contributed by atoms with Crippen molar-refractivity contribution >= 4 is 5.91 Å². The quantitative estimate of drug-likeness (QED) is 0.0308. The van der Waals surface area contributed by atoms with Crippen LogP contribution in [0.5, 0.6) is 0 Å². The number of unbranched alkanes of at least 4 members (excludes halogenated alkanes) is 53. The highest BCUT2D eigenvalue weighted by molar-refractivity contribution is 5.80. The molecule has 5 N–H and O–H groups in total. The first-order valence-electron chi connectivity index (χ1n) is 35.2. The normalized spacial score (nSPS) is 13.6. The molecular formula is C71H139NO5. The van der Waals surface area contributed by atoms with Gasteiger partial charge in [-0.15, -0.1) is 0 Å². The minimum absolute atomic E-state index is 0.366. The Balaban J connectivity index is 3.56. The zero-order chi connectivity index (χ0) is 55.8. The van der Waals surface area contributed by atoms with Crippen molar-refractivity contribution in [2.75, 3.05) is 6.61 Å². The lowest BCUT2D eigenvalue weighted by Gasteiger charge is -2.27. The zero-order valence-corrected chi connectivity index (χ0v) is 52.2. The van der Waals surface area contributed by atoms with E-state index >= 15 is 0 Å². The molecule has 0 aromatic rings. The molecule has 0 aliphatic carbocycles. The van der Waals surface area contributed by atoms with Gasteiger partial charge < -0.3 is 25.7 Å². The minimum atomic E-state index is -1.28. The maximum Gasteiger partial charge on any atom is 0.249 e. The molecule has 0 aliphatic heterocycles. The highest BCUT2D eigenvalue weighted by Gasteiger charge is 2.28. The molecule has 0 heterocycles. The molecule has 4 atom stereocenters. The Morgan fingerprint density at radius 3 is 0.779 bits per heavy atom. The van der Waals surface area contributed by atoms with Crippen molar-refractivity contribution in [2.45, 2.75) is 417 Å². The van der Waals surface area contributed by atoms with Crippen LogP contribution in [0.25, 0.3) is 0 Å². The predicted octanol–water partition coefficient (Wildman–Crippen LogP) is 21.7. The van der Waals surface area contributed by atoms with Crippen molar-refractivity contribution in [1.82, 2.24) is 5.32 Å². The van der Waals surface area contributed by atoms with Crippen LogP contribution < -0.4 is 5.32 Å². The van der Waals surface area contributed by atoms with Gasteiger partial charge in [0, 0.05) is 0 Å². The zero-order valence-electron chi connectivity index (χ0n) is 52.2. The summed E-state index contributed by atoms with van der Waals surface area (Å²) in [5.41, 5.74) is 0. The summed E-state index contributed by atoms with van der Waals surface area (Å²) in [6.07, 6.45) is 83.1. The summed E-state index contributed by atoms with van der Waals surface area (Å²) in [5.74, 6) is -0.586. The monoisotopic (exact) mass is 1090 g/mol. The summed E-state index contributed by atoms with van der Waals surface area (Å²) in [4.78, 5) is 12.7. The molecule has 0 saturated carbocycles. The van der Waals surface area contributed by atoms with E-state index in [0.29, 0.717) is 12.8 Å². The van der Waals surface area contributed by atoms with Crippen molar-refractivity contribution < 1.29 is 25.2 Å². The van der Waals surface area contributed by atoms with Crippen LogP contribution in [-0.4, -0.2) is 57.3 Å². The summed E-state index contributed by atoms with van der Waals surface area (Å²) in [6.45, 7) is 4.10. The van der Waals surface area contributed by atoms with E-state index < -0.39 is 36.9 Å². The van der Waals surface area contributed by atoms with Crippen LogP contribution in [0.15, 0.2) is 24.3 Å². The number of allylic oxidation sites excluding steroid dienone is 4. The second-order valence-electron chi connectivity index (χ2n) is 24.6. The van der Waals surface area contributed by atoms with Gasteiger partial charge >= 0.3 is 0 Å². The SMILES string of the molecule is CCCCCCCCCCCCCC/C=C\CCCCCCCCCCCCCCCCC(O)C(=O)NC(CO)C(O)C(O)CCC/C=C/CCCCCCCCCCCCCCCCCCCCCCCCCCCC. The van der Waals surface area contributed by atoms with Gasteiger partial charge in [-0.05, 0) is 64.2 Å². The molecule has 77 heavy (non-hydrogen) atoms. The molecule has 4 unspecified atom stereocenters. The molecule has 6 heteroatoms. The van der Waals surface area contributed by atoms with Crippen molar-refractivity contribution in [3.8, 4) is 0 Å². The van der Waals surface area contributed by atoms with Crippen LogP contribution in [0.3, 0.4) is 0 Å². The Kier molecular flexibility index (Phi) is 64.6. The van der Waals surface area contributed by atoms with Gasteiger partial charge in [-0.25, -0.2) is 0 Å². The number of carbonyl (C=O) groups is 1. The van der Waals surface area contributed by atoms with Gasteiger partial charge in [-0.3, -0.25) is 4.79 Å².